The van der Waals surface area contributed by atoms with Gasteiger partial charge in [-0.1, -0.05) is 49.4 Å². The first-order valence-corrected chi connectivity index (χ1v) is 14.8. The van der Waals surface area contributed by atoms with E-state index in [-0.39, 0.29) is 23.4 Å². The molecule has 3 aromatic carbocycles. The van der Waals surface area contributed by atoms with Crippen LogP contribution < -0.4 is 14.4 Å². The Morgan fingerprint density at radius 1 is 0.950 bits per heavy atom. The number of nitrogens with one attached hydrogen (secondary N) is 1. The van der Waals surface area contributed by atoms with Gasteiger partial charge >= 0.3 is 0 Å². The summed E-state index contributed by atoms with van der Waals surface area (Å²) in [5.41, 5.74) is 2.81. The summed E-state index contributed by atoms with van der Waals surface area (Å²) in [6.07, 6.45) is 0.734. The minimum atomic E-state index is -4.11. The minimum Gasteiger partial charge on any atom is -0.497 e. The van der Waals surface area contributed by atoms with E-state index in [0.717, 1.165) is 27.4 Å². The molecule has 2 amide bonds. The number of rotatable bonds is 12. The number of amides is 2. The van der Waals surface area contributed by atoms with Crippen LogP contribution in [0.4, 0.5) is 5.69 Å². The van der Waals surface area contributed by atoms with Crippen LogP contribution in [0.3, 0.4) is 0 Å². The molecule has 0 saturated carbocycles. The summed E-state index contributed by atoms with van der Waals surface area (Å²) >= 11 is 0. The van der Waals surface area contributed by atoms with Gasteiger partial charge in [0.05, 0.1) is 17.7 Å². The second-order valence-electron chi connectivity index (χ2n) is 9.91. The van der Waals surface area contributed by atoms with Crippen molar-refractivity contribution in [1.29, 1.82) is 0 Å². The zero-order valence-corrected chi connectivity index (χ0v) is 24.9. The molecule has 0 aromatic heterocycles. The van der Waals surface area contributed by atoms with Crippen LogP contribution in [0, 0.1) is 13.8 Å². The van der Waals surface area contributed by atoms with Crippen LogP contribution in [0.5, 0.6) is 5.75 Å². The highest BCUT2D eigenvalue weighted by atomic mass is 32.2. The third-order valence-corrected chi connectivity index (χ3v) is 8.88. The molecule has 0 aliphatic heterocycles. The monoisotopic (exact) mass is 565 g/mol. The van der Waals surface area contributed by atoms with Crippen LogP contribution in [0.15, 0.2) is 77.7 Å². The first-order valence-electron chi connectivity index (χ1n) is 13.4. The molecule has 0 unspecified atom stereocenters. The average molecular weight is 566 g/mol. The van der Waals surface area contributed by atoms with E-state index in [1.807, 2.05) is 45.9 Å². The second-order valence-corrected chi connectivity index (χ2v) is 11.8. The van der Waals surface area contributed by atoms with Crippen molar-refractivity contribution in [2.45, 2.75) is 64.6 Å². The van der Waals surface area contributed by atoms with Gasteiger partial charge < -0.3 is 15.0 Å². The van der Waals surface area contributed by atoms with Gasteiger partial charge in [-0.15, -0.1) is 0 Å². The van der Waals surface area contributed by atoms with Crippen molar-refractivity contribution in [2.24, 2.45) is 0 Å². The van der Waals surface area contributed by atoms with E-state index < -0.39 is 28.5 Å². The molecule has 8 nitrogen and oxygen atoms in total. The number of hydrogen-bond donors (Lipinski definition) is 1. The van der Waals surface area contributed by atoms with Gasteiger partial charge in [-0.3, -0.25) is 13.9 Å². The van der Waals surface area contributed by atoms with Crippen LogP contribution in [0.25, 0.3) is 0 Å². The molecule has 0 aliphatic carbocycles. The van der Waals surface area contributed by atoms with Crippen LogP contribution in [0.2, 0.25) is 0 Å². The van der Waals surface area contributed by atoms with Crippen molar-refractivity contribution in [3.63, 3.8) is 0 Å². The lowest BCUT2D eigenvalue weighted by Crippen LogP contribution is -2.52. The standard InChI is InChI=1S/C31H39N3O5S/c1-7-23(3)32-31(36)25(5)33(20-26-14-12-15-27(19-26)39-6)30(35)21-34(29-18-11-13-22(2)24(29)4)40(37,38)28-16-9-8-10-17-28/h8-19,23,25H,7,20-21H2,1-6H3,(H,32,36)/t23-,25-/m1/s1. The third-order valence-electron chi connectivity index (χ3n) is 7.11. The maximum absolute atomic E-state index is 14.1. The van der Waals surface area contributed by atoms with Gasteiger partial charge in [0, 0.05) is 12.6 Å². The molecule has 9 heteroatoms. The van der Waals surface area contributed by atoms with Gasteiger partial charge in [0.1, 0.15) is 18.3 Å². The molecule has 0 aliphatic rings. The van der Waals surface area contributed by atoms with E-state index in [1.165, 1.54) is 17.0 Å². The lowest BCUT2D eigenvalue weighted by Gasteiger charge is -2.33. The molecule has 0 saturated heterocycles. The molecular weight excluding hydrogens is 526 g/mol. The Morgan fingerprint density at radius 2 is 1.62 bits per heavy atom. The number of methoxy groups -OCH3 is 1. The largest absolute Gasteiger partial charge is 0.497 e. The Bertz CT molecular complexity index is 1430. The summed E-state index contributed by atoms with van der Waals surface area (Å²) in [5.74, 6) is -0.199. The average Bonchev–Trinajstić information content (AvgIpc) is 2.96. The maximum atomic E-state index is 14.1. The number of anilines is 1. The molecule has 0 bridgehead atoms. The fraction of sp³-hybridized carbons (Fsp3) is 0.355. The topological polar surface area (TPSA) is 96.0 Å². The first-order chi connectivity index (χ1) is 19.0. The number of nitrogens with zero attached hydrogens (tertiary/aromatic N) is 2. The Hall–Kier alpha value is -3.85. The van der Waals surface area contributed by atoms with Crippen molar-refractivity contribution in [2.75, 3.05) is 18.0 Å². The van der Waals surface area contributed by atoms with Crippen molar-refractivity contribution in [3.05, 3.63) is 89.5 Å². The van der Waals surface area contributed by atoms with Gasteiger partial charge in [0.15, 0.2) is 0 Å². The Labute approximate surface area is 238 Å². The van der Waals surface area contributed by atoms with Gasteiger partial charge in [-0.2, -0.15) is 0 Å². The second kappa shape index (κ2) is 13.5. The van der Waals surface area contributed by atoms with Gasteiger partial charge in [-0.25, -0.2) is 8.42 Å². The zero-order valence-electron chi connectivity index (χ0n) is 24.0. The Kier molecular flexibility index (Phi) is 10.3. The Morgan fingerprint density at radius 3 is 2.27 bits per heavy atom. The number of ether oxygens (including phenoxy) is 1. The number of benzene rings is 3. The fourth-order valence-corrected chi connectivity index (χ4v) is 5.75. The van der Waals surface area contributed by atoms with E-state index in [0.29, 0.717) is 11.4 Å². The molecule has 0 fully saturated rings. The molecule has 2 atom stereocenters. The number of carbonyl (C=O) groups is 2. The molecule has 214 valence electrons. The number of aryl methyl sites for hydroxylation is 1. The number of carbonyl (C=O) groups excluding carboxylic acids is 2. The van der Waals surface area contributed by atoms with E-state index in [2.05, 4.69) is 5.32 Å². The van der Waals surface area contributed by atoms with Crippen LogP contribution in [-0.4, -0.2) is 50.9 Å². The third kappa shape index (κ3) is 7.21. The summed E-state index contributed by atoms with van der Waals surface area (Å²) in [6, 6.07) is 19.7. The van der Waals surface area contributed by atoms with Crippen molar-refractivity contribution in [1.82, 2.24) is 10.2 Å². The van der Waals surface area contributed by atoms with Gasteiger partial charge in [0.25, 0.3) is 10.0 Å². The normalized spacial score (nSPS) is 12.8. The van der Waals surface area contributed by atoms with Crippen molar-refractivity contribution in [3.8, 4) is 5.75 Å². The molecule has 40 heavy (non-hydrogen) atoms. The zero-order chi connectivity index (χ0) is 29.4. The molecule has 3 aromatic rings. The molecule has 0 spiro atoms. The van der Waals surface area contributed by atoms with Crippen molar-refractivity contribution >= 4 is 27.5 Å². The Balaban J connectivity index is 2.06. The molecule has 1 N–H and O–H groups in total. The van der Waals surface area contributed by atoms with Gasteiger partial charge in [0.2, 0.25) is 11.8 Å². The SMILES string of the molecule is CC[C@@H](C)NC(=O)[C@@H](C)N(Cc1cccc(OC)c1)C(=O)CN(c1cccc(C)c1C)S(=O)(=O)c1ccccc1. The molecule has 0 radical (unpaired) electrons. The molecule has 0 heterocycles. The summed E-state index contributed by atoms with van der Waals surface area (Å²) < 4.78 is 34.4. The number of hydrogen-bond acceptors (Lipinski definition) is 5. The molecular formula is C31H39N3O5S. The summed E-state index contributed by atoms with van der Waals surface area (Å²) in [5, 5.41) is 2.94. The smallest absolute Gasteiger partial charge is 0.264 e. The highest BCUT2D eigenvalue weighted by Crippen LogP contribution is 2.29. The molecule has 3 rings (SSSR count). The lowest BCUT2D eigenvalue weighted by atomic mass is 10.1. The quantitative estimate of drug-likeness (QED) is 0.339. The lowest BCUT2D eigenvalue weighted by molar-refractivity contribution is -0.139. The predicted octanol–water partition coefficient (Wildman–Crippen LogP) is 4.84. The maximum Gasteiger partial charge on any atom is 0.264 e. The summed E-state index contributed by atoms with van der Waals surface area (Å²) in [4.78, 5) is 28.7. The van der Waals surface area contributed by atoms with Crippen LogP contribution in [-0.2, 0) is 26.2 Å². The first kappa shape index (κ1) is 30.7. The fourth-order valence-electron chi connectivity index (χ4n) is 4.25. The van der Waals surface area contributed by atoms with Crippen LogP contribution >= 0.6 is 0 Å². The van der Waals surface area contributed by atoms with E-state index >= 15 is 0 Å². The predicted molar refractivity (Wildman–Crippen MR) is 158 cm³/mol. The summed E-state index contributed by atoms with van der Waals surface area (Å²) in [7, 11) is -2.55. The minimum absolute atomic E-state index is 0.0746. The highest BCUT2D eigenvalue weighted by Gasteiger charge is 2.33. The van der Waals surface area contributed by atoms with Gasteiger partial charge in [-0.05, 0) is 81.1 Å². The highest BCUT2D eigenvalue weighted by molar-refractivity contribution is 7.92. The van der Waals surface area contributed by atoms with E-state index in [4.69, 9.17) is 4.74 Å². The number of sulfonamides is 1. The van der Waals surface area contributed by atoms with E-state index in [1.54, 1.807) is 56.5 Å². The van der Waals surface area contributed by atoms with Crippen LogP contribution in [0.1, 0.15) is 43.9 Å². The summed E-state index contributed by atoms with van der Waals surface area (Å²) in [6.45, 7) is 8.86. The van der Waals surface area contributed by atoms with E-state index in [9.17, 15) is 18.0 Å². The van der Waals surface area contributed by atoms with Crippen molar-refractivity contribution < 1.29 is 22.7 Å².